The van der Waals surface area contributed by atoms with E-state index in [0.29, 0.717) is 0 Å². The van der Waals surface area contributed by atoms with E-state index in [0.717, 1.165) is 6.32 Å². The molecule has 0 aliphatic rings. The van der Waals surface area contributed by atoms with E-state index in [1.165, 1.54) is 0 Å². The molecule has 0 aromatic heterocycles. The van der Waals surface area contributed by atoms with Crippen LogP contribution in [-0.4, -0.2) is 30.1 Å². The first-order chi connectivity index (χ1) is 4.45. The third-order valence-electron chi connectivity index (χ3n) is 1.10. The highest BCUT2D eigenvalue weighted by Crippen LogP contribution is 2.34. The summed E-state index contributed by atoms with van der Waals surface area (Å²) < 4.78 is 15.0. The highest BCUT2D eigenvalue weighted by molar-refractivity contribution is 7.51. The highest BCUT2D eigenvalue weighted by atomic mass is 31.2. The topological polar surface area (TPSA) is 66.8 Å². The molecule has 0 saturated carbocycles. The van der Waals surface area contributed by atoms with Gasteiger partial charge in [-0.1, -0.05) is 6.32 Å². The molecule has 0 spiro atoms. The molecule has 0 rings (SSSR count). The van der Waals surface area contributed by atoms with Gasteiger partial charge in [-0.2, -0.15) is 0 Å². The lowest BCUT2D eigenvalue weighted by Gasteiger charge is -2.10. The Labute approximate surface area is 61.2 Å². The maximum atomic E-state index is 10.2. The normalized spacial score (nSPS) is 15.1. The van der Waals surface area contributed by atoms with Crippen LogP contribution in [0.25, 0.3) is 0 Å². The van der Waals surface area contributed by atoms with Crippen LogP contribution in [0.5, 0.6) is 0 Å². The zero-order chi connectivity index (χ0) is 8.20. The van der Waals surface area contributed by atoms with E-state index in [9.17, 15) is 4.57 Å². The van der Waals surface area contributed by atoms with Crippen molar-refractivity contribution < 1.29 is 19.1 Å². The first-order valence-electron chi connectivity index (χ1n) is 3.12. The van der Waals surface area contributed by atoms with Crippen LogP contribution in [0.15, 0.2) is 0 Å². The van der Waals surface area contributed by atoms with Crippen molar-refractivity contribution in [2.75, 3.05) is 6.35 Å². The Morgan fingerprint density at radius 2 is 2.20 bits per heavy atom. The fourth-order valence-electron chi connectivity index (χ4n) is 0.342. The summed E-state index contributed by atoms with van der Waals surface area (Å²) in [5.74, 6) is 0. The second-order valence-electron chi connectivity index (χ2n) is 2.18. The van der Waals surface area contributed by atoms with E-state index in [4.69, 9.17) is 14.5 Å². The number of hydrogen-bond donors (Lipinski definition) is 2. The molecule has 4 nitrogen and oxygen atoms in total. The lowest BCUT2D eigenvalue weighted by Crippen LogP contribution is -2.08. The molecule has 6 heteroatoms. The van der Waals surface area contributed by atoms with Crippen LogP contribution >= 0.6 is 7.60 Å². The SMILES string of the molecule is BCC(C)OCP(=O)(O)O. The molecule has 0 aliphatic heterocycles. The van der Waals surface area contributed by atoms with Gasteiger partial charge in [0.25, 0.3) is 0 Å². The van der Waals surface area contributed by atoms with Gasteiger partial charge in [0, 0.05) is 6.10 Å². The molecule has 0 bridgehead atoms. The first-order valence-corrected chi connectivity index (χ1v) is 4.91. The molecule has 0 fully saturated rings. The Bertz CT molecular complexity index is 133. The predicted octanol–water partition coefficient (Wildman–Crippen LogP) is -0.422. The van der Waals surface area contributed by atoms with Gasteiger partial charge < -0.3 is 14.5 Å². The number of ether oxygens (including phenoxy) is 1. The van der Waals surface area contributed by atoms with Gasteiger partial charge in [-0.25, -0.2) is 0 Å². The lowest BCUT2D eigenvalue weighted by molar-refractivity contribution is 0.102. The van der Waals surface area contributed by atoms with Gasteiger partial charge in [-0.3, -0.25) is 4.57 Å². The number of rotatable bonds is 4. The van der Waals surface area contributed by atoms with E-state index >= 15 is 0 Å². The molecule has 0 saturated heterocycles. The van der Waals surface area contributed by atoms with Crippen LogP contribution < -0.4 is 0 Å². The van der Waals surface area contributed by atoms with Crippen LogP contribution in [0, 0.1) is 0 Å². The molecule has 2 N–H and O–H groups in total. The molecule has 1 atom stereocenters. The van der Waals surface area contributed by atoms with Gasteiger partial charge in [0.15, 0.2) is 0 Å². The smallest absolute Gasteiger partial charge is 0.350 e. The average molecular weight is 166 g/mol. The zero-order valence-electron chi connectivity index (χ0n) is 6.15. The van der Waals surface area contributed by atoms with Crippen LogP contribution in [0.2, 0.25) is 6.32 Å². The second kappa shape index (κ2) is 4.14. The van der Waals surface area contributed by atoms with Gasteiger partial charge in [-0.05, 0) is 6.92 Å². The summed E-state index contributed by atoms with van der Waals surface area (Å²) in [6, 6.07) is 0. The van der Waals surface area contributed by atoms with Crippen LogP contribution in [-0.2, 0) is 9.30 Å². The molecule has 10 heavy (non-hydrogen) atoms. The molecule has 0 radical (unpaired) electrons. The molecule has 0 aromatic carbocycles. The van der Waals surface area contributed by atoms with E-state index in [2.05, 4.69) is 0 Å². The highest BCUT2D eigenvalue weighted by Gasteiger charge is 2.13. The van der Waals surface area contributed by atoms with Crippen molar-refractivity contribution >= 4 is 15.4 Å². The fourth-order valence-corrected chi connectivity index (χ4v) is 0.791. The summed E-state index contributed by atoms with van der Waals surface area (Å²) >= 11 is 0. The Morgan fingerprint density at radius 3 is 2.50 bits per heavy atom. The second-order valence-corrected chi connectivity index (χ2v) is 3.77. The van der Waals surface area contributed by atoms with Crippen molar-refractivity contribution in [2.45, 2.75) is 19.3 Å². The van der Waals surface area contributed by atoms with Crippen molar-refractivity contribution in [3.05, 3.63) is 0 Å². The molecule has 0 aliphatic carbocycles. The van der Waals surface area contributed by atoms with E-state index in [1.807, 2.05) is 7.85 Å². The minimum absolute atomic E-state index is 0.0763. The molecule has 60 valence electrons. The molecular weight excluding hydrogens is 154 g/mol. The monoisotopic (exact) mass is 166 g/mol. The lowest BCUT2D eigenvalue weighted by atomic mass is 10.0. The summed E-state index contributed by atoms with van der Waals surface area (Å²) in [4.78, 5) is 16.7. The van der Waals surface area contributed by atoms with Crippen LogP contribution in [0.1, 0.15) is 6.92 Å². The third-order valence-corrected chi connectivity index (χ3v) is 1.59. The van der Waals surface area contributed by atoms with Gasteiger partial charge in [-0.15, -0.1) is 0 Å². The van der Waals surface area contributed by atoms with Gasteiger partial charge in [0.05, 0.1) is 0 Å². The van der Waals surface area contributed by atoms with Crippen molar-refractivity contribution in [3.8, 4) is 0 Å². The minimum Gasteiger partial charge on any atom is -0.367 e. The van der Waals surface area contributed by atoms with Gasteiger partial charge in [0.1, 0.15) is 14.2 Å². The largest absolute Gasteiger partial charge is 0.367 e. The van der Waals surface area contributed by atoms with Gasteiger partial charge in [0.2, 0.25) is 0 Å². The Kier molecular flexibility index (Phi) is 4.21. The Balaban J connectivity index is 3.46. The Hall–Kier alpha value is 0.175. The summed E-state index contributed by atoms with van der Waals surface area (Å²) in [7, 11) is -2.06. The maximum Gasteiger partial charge on any atom is 0.350 e. The quantitative estimate of drug-likeness (QED) is 0.439. The van der Waals surface area contributed by atoms with E-state index < -0.39 is 13.9 Å². The van der Waals surface area contributed by atoms with Gasteiger partial charge >= 0.3 is 7.60 Å². The molecule has 0 heterocycles. The summed E-state index contributed by atoms with van der Waals surface area (Å²) in [5, 5.41) is 0. The standard InChI is InChI=1S/C4H12BO4P/c1-4(2-5)9-3-10(6,7)8/h4H,2-3,5H2,1H3,(H2,6,7,8). The summed E-state index contributed by atoms with van der Waals surface area (Å²) in [5.41, 5.74) is 0. The summed E-state index contributed by atoms with van der Waals surface area (Å²) in [6.45, 7) is 1.77. The molecule has 1 unspecified atom stereocenters. The fraction of sp³-hybridized carbons (Fsp3) is 1.00. The summed E-state index contributed by atoms with van der Waals surface area (Å²) in [6.07, 6.45) is 0.217. The average Bonchev–Trinajstić information content (AvgIpc) is 1.81. The van der Waals surface area contributed by atoms with Crippen molar-refractivity contribution in [2.24, 2.45) is 0 Å². The molecular formula is C4H12BO4P. The van der Waals surface area contributed by atoms with E-state index in [-0.39, 0.29) is 6.10 Å². The zero-order valence-corrected chi connectivity index (χ0v) is 7.04. The first kappa shape index (κ1) is 10.2. The van der Waals surface area contributed by atoms with Crippen LogP contribution in [0.3, 0.4) is 0 Å². The molecule has 0 aromatic rings. The van der Waals surface area contributed by atoms with Crippen molar-refractivity contribution in [3.63, 3.8) is 0 Å². The number of hydrogen-bond acceptors (Lipinski definition) is 2. The Morgan fingerprint density at radius 1 is 1.70 bits per heavy atom. The minimum atomic E-state index is -3.95. The van der Waals surface area contributed by atoms with Crippen LogP contribution in [0.4, 0.5) is 0 Å². The van der Waals surface area contributed by atoms with Crippen molar-refractivity contribution in [1.29, 1.82) is 0 Å². The maximum absolute atomic E-state index is 10.2. The third kappa shape index (κ3) is 6.30. The predicted molar refractivity (Wildman–Crippen MR) is 40.8 cm³/mol. The van der Waals surface area contributed by atoms with Crippen molar-refractivity contribution in [1.82, 2.24) is 0 Å². The van der Waals surface area contributed by atoms with E-state index in [1.54, 1.807) is 6.92 Å². The molecule has 0 amide bonds.